The minimum absolute atomic E-state index is 0.00827. The van der Waals surface area contributed by atoms with Gasteiger partial charge >= 0.3 is 0 Å². The summed E-state index contributed by atoms with van der Waals surface area (Å²) in [7, 11) is -1.65. The Kier molecular flexibility index (Phi) is 3.94. The molecule has 0 saturated carbocycles. The zero-order valence-electron chi connectivity index (χ0n) is 11.8. The highest BCUT2D eigenvalue weighted by Crippen LogP contribution is 2.17. The molecular formula is C11H20N4O3S. The lowest BCUT2D eigenvalue weighted by atomic mass is 10.2. The molecule has 108 valence electrons. The van der Waals surface area contributed by atoms with Crippen molar-refractivity contribution in [3.05, 3.63) is 11.4 Å². The summed E-state index contributed by atoms with van der Waals surface area (Å²) in [5, 5.41) is 6.62. The van der Waals surface area contributed by atoms with Crippen molar-refractivity contribution in [3.63, 3.8) is 0 Å². The Morgan fingerprint density at radius 3 is 2.37 bits per heavy atom. The molecule has 1 amide bonds. The van der Waals surface area contributed by atoms with Crippen molar-refractivity contribution in [2.24, 2.45) is 7.05 Å². The van der Waals surface area contributed by atoms with Crippen molar-refractivity contribution in [3.8, 4) is 0 Å². The summed E-state index contributed by atoms with van der Waals surface area (Å²) in [5.74, 6) is -0.433. The van der Waals surface area contributed by atoms with Gasteiger partial charge in [0.15, 0.2) is 9.84 Å². The van der Waals surface area contributed by atoms with Gasteiger partial charge in [-0.15, -0.1) is 0 Å². The first-order valence-corrected chi connectivity index (χ1v) is 7.63. The number of nitrogen functional groups attached to an aromatic ring is 1. The summed E-state index contributed by atoms with van der Waals surface area (Å²) >= 11 is 0. The number of nitrogens with two attached hydrogens (primary N) is 1. The van der Waals surface area contributed by atoms with Crippen LogP contribution in [0, 0.1) is 6.92 Å². The van der Waals surface area contributed by atoms with E-state index in [-0.39, 0.29) is 12.2 Å². The Labute approximate surface area is 113 Å². The molecule has 1 rings (SSSR count). The van der Waals surface area contributed by atoms with Crippen LogP contribution in [0.3, 0.4) is 0 Å². The van der Waals surface area contributed by atoms with Crippen LogP contribution in [-0.4, -0.2) is 41.7 Å². The number of nitrogens with one attached hydrogen (secondary N) is 1. The molecular weight excluding hydrogens is 268 g/mol. The van der Waals surface area contributed by atoms with E-state index in [4.69, 9.17) is 5.73 Å². The number of sulfone groups is 1. The maximum atomic E-state index is 12.0. The first-order chi connectivity index (χ1) is 8.47. The molecule has 0 aromatic carbocycles. The molecule has 19 heavy (non-hydrogen) atoms. The summed E-state index contributed by atoms with van der Waals surface area (Å²) in [6.45, 7) is 4.82. The van der Waals surface area contributed by atoms with Gasteiger partial charge < -0.3 is 11.1 Å². The van der Waals surface area contributed by atoms with Crippen molar-refractivity contribution in [1.82, 2.24) is 15.1 Å². The fraction of sp³-hybridized carbons (Fsp3) is 0.636. The lowest BCUT2D eigenvalue weighted by Gasteiger charge is -2.22. The summed E-state index contributed by atoms with van der Waals surface area (Å²) < 4.78 is 23.4. The minimum Gasteiger partial charge on any atom is -0.395 e. The fourth-order valence-electron chi connectivity index (χ4n) is 1.45. The van der Waals surface area contributed by atoms with E-state index in [2.05, 4.69) is 10.4 Å². The van der Waals surface area contributed by atoms with E-state index in [0.717, 1.165) is 6.26 Å². The van der Waals surface area contributed by atoms with Crippen molar-refractivity contribution >= 4 is 21.4 Å². The normalized spacial score (nSPS) is 12.5. The second-order valence-corrected chi connectivity index (χ2v) is 7.84. The number of amides is 1. The van der Waals surface area contributed by atoms with Crippen LogP contribution >= 0.6 is 0 Å². The second kappa shape index (κ2) is 4.84. The van der Waals surface area contributed by atoms with E-state index in [1.165, 1.54) is 4.68 Å². The second-order valence-electron chi connectivity index (χ2n) is 5.19. The van der Waals surface area contributed by atoms with E-state index in [9.17, 15) is 13.2 Å². The highest BCUT2D eigenvalue weighted by Gasteiger charge is 2.31. The van der Waals surface area contributed by atoms with Crippen LogP contribution in [0.15, 0.2) is 0 Å². The number of anilines is 1. The number of aryl methyl sites for hydroxylation is 2. The first-order valence-electron chi connectivity index (χ1n) is 5.74. The van der Waals surface area contributed by atoms with Crippen LogP contribution in [0.1, 0.15) is 30.0 Å². The summed E-state index contributed by atoms with van der Waals surface area (Å²) in [6.07, 6.45) is 1.14. The van der Waals surface area contributed by atoms with Gasteiger partial charge in [-0.2, -0.15) is 5.10 Å². The van der Waals surface area contributed by atoms with Crippen LogP contribution < -0.4 is 11.1 Å². The quantitative estimate of drug-likeness (QED) is 0.802. The van der Waals surface area contributed by atoms with E-state index >= 15 is 0 Å². The minimum atomic E-state index is -3.26. The Morgan fingerprint density at radius 2 is 2.00 bits per heavy atom. The van der Waals surface area contributed by atoms with Gasteiger partial charge in [-0.1, -0.05) is 0 Å². The predicted octanol–water partition coefficient (Wildman–Crippen LogP) is -0.136. The maximum absolute atomic E-state index is 12.0. The van der Waals surface area contributed by atoms with Gasteiger partial charge in [0.25, 0.3) is 5.91 Å². The Morgan fingerprint density at radius 1 is 1.47 bits per heavy atom. The van der Waals surface area contributed by atoms with Gasteiger partial charge in [-0.05, 0) is 20.8 Å². The molecule has 0 aliphatic carbocycles. The Balaban J connectivity index is 2.88. The number of hydrogen-bond acceptors (Lipinski definition) is 5. The van der Waals surface area contributed by atoms with Crippen LogP contribution in [0.2, 0.25) is 0 Å². The molecule has 0 radical (unpaired) electrons. The Hall–Kier alpha value is -1.57. The van der Waals surface area contributed by atoms with Gasteiger partial charge in [0, 0.05) is 19.8 Å². The van der Waals surface area contributed by atoms with Gasteiger partial charge in [0.2, 0.25) is 0 Å². The lowest BCUT2D eigenvalue weighted by Crippen LogP contribution is -2.44. The number of hydrogen-bond donors (Lipinski definition) is 2. The van der Waals surface area contributed by atoms with E-state index in [0.29, 0.717) is 11.4 Å². The van der Waals surface area contributed by atoms with Crippen molar-refractivity contribution in [2.75, 3.05) is 18.5 Å². The average Bonchev–Trinajstić information content (AvgIpc) is 2.48. The van der Waals surface area contributed by atoms with Gasteiger partial charge in [-0.3, -0.25) is 9.48 Å². The summed E-state index contributed by atoms with van der Waals surface area (Å²) in [6, 6.07) is 0. The standard InChI is InChI=1S/C11H20N4O3S/c1-7-8(12)9(15(4)14-7)10(16)13-6-11(2,3)19(5,17)18/h6,12H2,1-5H3,(H,13,16). The molecule has 1 aromatic heterocycles. The van der Waals surface area contributed by atoms with Gasteiger partial charge in [0.1, 0.15) is 5.69 Å². The highest BCUT2D eigenvalue weighted by molar-refractivity contribution is 7.92. The van der Waals surface area contributed by atoms with E-state index in [1.54, 1.807) is 27.8 Å². The van der Waals surface area contributed by atoms with Gasteiger partial charge in [-0.25, -0.2) is 8.42 Å². The average molecular weight is 288 g/mol. The molecule has 8 heteroatoms. The predicted molar refractivity (Wildman–Crippen MR) is 73.6 cm³/mol. The number of carbonyl (C=O) groups is 1. The number of carbonyl (C=O) groups excluding carboxylic acids is 1. The van der Waals surface area contributed by atoms with Crippen LogP contribution in [-0.2, 0) is 16.9 Å². The molecule has 0 aliphatic heterocycles. The van der Waals surface area contributed by atoms with Crippen LogP contribution in [0.4, 0.5) is 5.69 Å². The molecule has 0 fully saturated rings. The lowest BCUT2D eigenvalue weighted by molar-refractivity contribution is 0.0942. The first kappa shape index (κ1) is 15.5. The zero-order valence-corrected chi connectivity index (χ0v) is 12.6. The van der Waals surface area contributed by atoms with Crippen molar-refractivity contribution in [1.29, 1.82) is 0 Å². The topological polar surface area (TPSA) is 107 Å². The third kappa shape index (κ3) is 3.06. The van der Waals surface area contributed by atoms with Crippen LogP contribution in [0.5, 0.6) is 0 Å². The van der Waals surface area contributed by atoms with Crippen molar-refractivity contribution < 1.29 is 13.2 Å². The third-order valence-corrected chi connectivity index (χ3v) is 5.31. The molecule has 0 unspecified atom stereocenters. The molecule has 7 nitrogen and oxygen atoms in total. The van der Waals surface area contributed by atoms with E-state index < -0.39 is 20.5 Å². The summed E-state index contributed by atoms with van der Waals surface area (Å²) in [4.78, 5) is 12.0. The molecule has 0 saturated heterocycles. The number of aromatic nitrogens is 2. The SMILES string of the molecule is Cc1nn(C)c(C(=O)NCC(C)(C)S(C)(=O)=O)c1N. The molecule has 0 bridgehead atoms. The fourth-order valence-corrected chi connectivity index (χ4v) is 1.79. The molecule has 3 N–H and O–H groups in total. The smallest absolute Gasteiger partial charge is 0.271 e. The number of nitrogens with zero attached hydrogens (tertiary/aromatic N) is 2. The molecule has 0 spiro atoms. The molecule has 1 aromatic rings. The van der Waals surface area contributed by atoms with Gasteiger partial charge in [0.05, 0.1) is 16.1 Å². The van der Waals surface area contributed by atoms with Crippen molar-refractivity contribution in [2.45, 2.75) is 25.5 Å². The zero-order chi connectivity index (χ0) is 15.0. The highest BCUT2D eigenvalue weighted by atomic mass is 32.2. The number of rotatable bonds is 4. The third-order valence-electron chi connectivity index (χ3n) is 3.16. The monoisotopic (exact) mass is 288 g/mol. The molecule has 0 atom stereocenters. The molecule has 1 heterocycles. The van der Waals surface area contributed by atoms with Crippen LogP contribution in [0.25, 0.3) is 0 Å². The Bertz CT molecular complexity index is 602. The maximum Gasteiger partial charge on any atom is 0.271 e. The summed E-state index contributed by atoms with van der Waals surface area (Å²) in [5.41, 5.74) is 6.87. The largest absolute Gasteiger partial charge is 0.395 e. The molecule has 0 aliphatic rings. The van der Waals surface area contributed by atoms with E-state index in [1.807, 2.05) is 0 Å².